The van der Waals surface area contributed by atoms with Crippen LogP contribution in [-0.4, -0.2) is 23.7 Å². The molecule has 2 aromatic carbocycles. The first-order chi connectivity index (χ1) is 12.5. The minimum atomic E-state index is -0.513. The standard InChI is InChI=1S/C18H16BrN3O4/c1-13(9-14-5-3-2-4-6-14)11-20-21-18(23)12-26-17-8-7-15(22(24)25)10-16(17)19/h2-11H,12H2,1H3,(H,21,23)/b13-9+,20-11-. The van der Waals surface area contributed by atoms with Gasteiger partial charge in [0.1, 0.15) is 5.75 Å². The van der Waals surface area contributed by atoms with E-state index in [1.54, 1.807) is 0 Å². The number of nitrogens with zero attached hydrogens (tertiary/aromatic N) is 2. The molecular weight excluding hydrogens is 402 g/mol. The average molecular weight is 418 g/mol. The maximum absolute atomic E-state index is 11.7. The topological polar surface area (TPSA) is 93.8 Å². The number of rotatable bonds is 7. The molecule has 0 saturated carbocycles. The lowest BCUT2D eigenvalue weighted by Crippen LogP contribution is -2.24. The van der Waals surface area contributed by atoms with Crippen LogP contribution in [0.25, 0.3) is 6.08 Å². The first-order valence-electron chi connectivity index (χ1n) is 7.57. The van der Waals surface area contributed by atoms with Crippen LogP contribution in [0.3, 0.4) is 0 Å². The number of hydrogen-bond acceptors (Lipinski definition) is 5. The Labute approximate surface area is 158 Å². The Balaban J connectivity index is 1.84. The van der Waals surface area contributed by atoms with Crippen LogP contribution in [0.5, 0.6) is 5.75 Å². The highest BCUT2D eigenvalue weighted by atomic mass is 79.9. The summed E-state index contributed by atoms with van der Waals surface area (Å²) in [5.74, 6) is -0.117. The Bertz CT molecular complexity index is 851. The Hall–Kier alpha value is -3.00. The molecule has 0 spiro atoms. The highest BCUT2D eigenvalue weighted by molar-refractivity contribution is 9.10. The Kier molecular flexibility index (Phi) is 7.04. The van der Waals surface area contributed by atoms with Gasteiger partial charge < -0.3 is 4.74 Å². The number of carbonyl (C=O) groups is 1. The van der Waals surface area contributed by atoms with Crippen LogP contribution in [0.1, 0.15) is 12.5 Å². The molecule has 1 N–H and O–H groups in total. The highest BCUT2D eigenvalue weighted by Gasteiger charge is 2.11. The van der Waals surface area contributed by atoms with Gasteiger partial charge in [-0.25, -0.2) is 5.43 Å². The zero-order chi connectivity index (χ0) is 18.9. The molecule has 0 aliphatic carbocycles. The third kappa shape index (κ3) is 6.14. The first kappa shape index (κ1) is 19.3. The summed E-state index contributed by atoms with van der Waals surface area (Å²) in [5, 5.41) is 14.5. The van der Waals surface area contributed by atoms with Gasteiger partial charge in [0.15, 0.2) is 6.61 Å². The summed E-state index contributed by atoms with van der Waals surface area (Å²) >= 11 is 3.17. The number of nitro groups is 1. The van der Waals surface area contributed by atoms with Crippen molar-refractivity contribution >= 4 is 39.8 Å². The van der Waals surface area contributed by atoms with Gasteiger partial charge in [-0.2, -0.15) is 5.10 Å². The summed E-state index contributed by atoms with van der Waals surface area (Å²) in [6.07, 6.45) is 3.47. The molecule has 0 unspecified atom stereocenters. The number of halogens is 1. The van der Waals surface area contributed by atoms with Crippen molar-refractivity contribution in [3.63, 3.8) is 0 Å². The van der Waals surface area contributed by atoms with Crippen molar-refractivity contribution in [2.75, 3.05) is 6.61 Å². The van der Waals surface area contributed by atoms with Crippen LogP contribution < -0.4 is 10.2 Å². The highest BCUT2D eigenvalue weighted by Crippen LogP contribution is 2.28. The molecule has 1 amide bonds. The molecule has 2 aromatic rings. The summed E-state index contributed by atoms with van der Waals surface area (Å²) in [4.78, 5) is 21.9. The number of ether oxygens (including phenoxy) is 1. The van der Waals surface area contributed by atoms with E-state index in [-0.39, 0.29) is 12.3 Å². The summed E-state index contributed by atoms with van der Waals surface area (Å²) in [6, 6.07) is 13.8. The fourth-order valence-electron chi connectivity index (χ4n) is 1.95. The average Bonchev–Trinajstić information content (AvgIpc) is 2.61. The second-order valence-electron chi connectivity index (χ2n) is 5.25. The van der Waals surface area contributed by atoms with E-state index < -0.39 is 10.8 Å². The van der Waals surface area contributed by atoms with Gasteiger partial charge in [0.2, 0.25) is 0 Å². The predicted octanol–water partition coefficient (Wildman–Crippen LogP) is 3.94. The van der Waals surface area contributed by atoms with Crippen LogP contribution in [0.2, 0.25) is 0 Å². The number of hydrogen-bond donors (Lipinski definition) is 1. The smallest absolute Gasteiger partial charge is 0.277 e. The van der Waals surface area contributed by atoms with Gasteiger partial charge in [0.25, 0.3) is 11.6 Å². The van der Waals surface area contributed by atoms with E-state index >= 15 is 0 Å². The van der Waals surface area contributed by atoms with Gasteiger partial charge in [0, 0.05) is 12.1 Å². The zero-order valence-corrected chi connectivity index (χ0v) is 15.5. The fourth-order valence-corrected chi connectivity index (χ4v) is 2.43. The van der Waals surface area contributed by atoms with E-state index in [2.05, 4.69) is 26.5 Å². The van der Waals surface area contributed by atoms with E-state index in [9.17, 15) is 14.9 Å². The lowest BCUT2D eigenvalue weighted by Gasteiger charge is -2.06. The molecule has 0 aliphatic heterocycles. The van der Waals surface area contributed by atoms with E-state index in [0.717, 1.165) is 11.1 Å². The van der Waals surface area contributed by atoms with E-state index in [0.29, 0.717) is 10.2 Å². The van der Waals surface area contributed by atoms with Crippen molar-refractivity contribution in [3.05, 3.63) is 74.3 Å². The normalized spacial score (nSPS) is 11.4. The molecule has 7 nitrogen and oxygen atoms in total. The number of nitrogens with one attached hydrogen (secondary N) is 1. The van der Waals surface area contributed by atoms with Crippen LogP contribution >= 0.6 is 15.9 Å². The number of amides is 1. The molecule has 0 heterocycles. The predicted molar refractivity (Wildman–Crippen MR) is 103 cm³/mol. The third-order valence-electron chi connectivity index (χ3n) is 3.14. The van der Waals surface area contributed by atoms with Crippen LogP contribution in [-0.2, 0) is 4.79 Å². The number of allylic oxidation sites excluding steroid dienone is 1. The van der Waals surface area contributed by atoms with Gasteiger partial charge in [-0.15, -0.1) is 0 Å². The van der Waals surface area contributed by atoms with Crippen molar-refractivity contribution in [2.24, 2.45) is 5.10 Å². The molecule has 26 heavy (non-hydrogen) atoms. The van der Waals surface area contributed by atoms with Gasteiger partial charge in [-0.05, 0) is 40.1 Å². The van der Waals surface area contributed by atoms with E-state index in [1.165, 1.54) is 24.4 Å². The van der Waals surface area contributed by atoms with Crippen LogP contribution in [0, 0.1) is 10.1 Å². The molecule has 0 radical (unpaired) electrons. The second kappa shape index (κ2) is 9.47. The second-order valence-corrected chi connectivity index (χ2v) is 6.11. The van der Waals surface area contributed by atoms with Crippen LogP contribution in [0.4, 0.5) is 5.69 Å². The van der Waals surface area contributed by atoms with Gasteiger partial charge in [0.05, 0.1) is 15.6 Å². The Morgan fingerprint density at radius 3 is 2.69 bits per heavy atom. The third-order valence-corrected chi connectivity index (χ3v) is 3.76. The molecular formula is C18H16BrN3O4. The summed E-state index contributed by atoms with van der Waals surface area (Å²) in [7, 11) is 0. The fraction of sp³-hybridized carbons (Fsp3) is 0.111. The number of hydrazone groups is 1. The molecule has 0 saturated heterocycles. The monoisotopic (exact) mass is 417 g/mol. The molecule has 2 rings (SSSR count). The number of non-ortho nitro benzene ring substituents is 1. The van der Waals surface area contributed by atoms with E-state index in [4.69, 9.17) is 4.74 Å². The lowest BCUT2D eigenvalue weighted by molar-refractivity contribution is -0.384. The molecule has 0 atom stereocenters. The number of benzene rings is 2. The van der Waals surface area contributed by atoms with Crippen molar-refractivity contribution < 1.29 is 14.5 Å². The Morgan fingerprint density at radius 2 is 2.04 bits per heavy atom. The number of carbonyl (C=O) groups excluding carboxylic acids is 1. The molecule has 0 aromatic heterocycles. The van der Waals surface area contributed by atoms with Crippen LogP contribution in [0.15, 0.2) is 63.7 Å². The largest absolute Gasteiger partial charge is 0.483 e. The molecule has 134 valence electrons. The maximum atomic E-state index is 11.7. The van der Waals surface area contributed by atoms with Gasteiger partial charge in [-0.1, -0.05) is 36.4 Å². The minimum Gasteiger partial charge on any atom is -0.483 e. The van der Waals surface area contributed by atoms with Crippen molar-refractivity contribution in [1.29, 1.82) is 0 Å². The summed E-state index contributed by atoms with van der Waals surface area (Å²) in [5.41, 5.74) is 4.20. The zero-order valence-electron chi connectivity index (χ0n) is 13.9. The van der Waals surface area contributed by atoms with E-state index in [1.807, 2.05) is 43.3 Å². The molecule has 0 bridgehead atoms. The summed E-state index contributed by atoms with van der Waals surface area (Å²) < 4.78 is 5.71. The van der Waals surface area contributed by atoms with Gasteiger partial charge in [-0.3, -0.25) is 14.9 Å². The quantitative estimate of drug-likeness (QED) is 0.419. The first-order valence-corrected chi connectivity index (χ1v) is 8.37. The van der Waals surface area contributed by atoms with Crippen molar-refractivity contribution in [3.8, 4) is 5.75 Å². The molecule has 0 aliphatic rings. The molecule has 8 heteroatoms. The SMILES string of the molecule is CC(/C=N\NC(=O)COc1ccc([N+](=O)[O-])cc1Br)=C\c1ccccc1. The number of nitro benzene ring substituents is 1. The van der Waals surface area contributed by atoms with Gasteiger partial charge >= 0.3 is 0 Å². The van der Waals surface area contributed by atoms with Crippen molar-refractivity contribution in [1.82, 2.24) is 5.43 Å². The molecule has 0 fully saturated rings. The van der Waals surface area contributed by atoms with Crippen molar-refractivity contribution in [2.45, 2.75) is 6.92 Å². The summed E-state index contributed by atoms with van der Waals surface area (Å²) in [6.45, 7) is 1.60. The Morgan fingerprint density at radius 1 is 1.31 bits per heavy atom. The lowest BCUT2D eigenvalue weighted by atomic mass is 10.1. The maximum Gasteiger partial charge on any atom is 0.277 e. The minimum absolute atomic E-state index is 0.0704.